The maximum absolute atomic E-state index is 11.5. The zero-order valence-electron chi connectivity index (χ0n) is 10.2. The van der Waals surface area contributed by atoms with Crippen LogP contribution in [0.4, 0.5) is 10.8 Å². The molecule has 0 aliphatic heterocycles. The minimum atomic E-state index is -0.411. The summed E-state index contributed by atoms with van der Waals surface area (Å²) in [5.74, 6) is -0.411. The molecule has 1 aromatic carbocycles. The van der Waals surface area contributed by atoms with Gasteiger partial charge in [-0.3, -0.25) is 0 Å². The number of aromatic nitrogens is 1. The van der Waals surface area contributed by atoms with Crippen molar-refractivity contribution in [1.82, 2.24) is 4.98 Å². The molecule has 0 aliphatic rings. The Balaban J connectivity index is 2.29. The molecule has 7 heteroatoms. The van der Waals surface area contributed by atoms with Crippen LogP contribution in [0.1, 0.15) is 15.4 Å². The summed E-state index contributed by atoms with van der Waals surface area (Å²) >= 11 is 7.10. The SMILES string of the molecule is COC(=O)c1nc(Nc2cc(Br)ccc2I)sc1C. The van der Waals surface area contributed by atoms with E-state index in [9.17, 15) is 4.79 Å². The van der Waals surface area contributed by atoms with Crippen molar-refractivity contribution in [2.75, 3.05) is 12.4 Å². The molecule has 0 saturated carbocycles. The summed E-state index contributed by atoms with van der Waals surface area (Å²) in [6.45, 7) is 1.85. The Labute approximate surface area is 136 Å². The molecule has 0 spiro atoms. The highest BCUT2D eigenvalue weighted by Gasteiger charge is 2.16. The van der Waals surface area contributed by atoms with Gasteiger partial charge in [-0.2, -0.15) is 0 Å². The minimum Gasteiger partial charge on any atom is -0.464 e. The number of carbonyl (C=O) groups excluding carboxylic acids is 1. The van der Waals surface area contributed by atoms with Gasteiger partial charge in [0.25, 0.3) is 0 Å². The number of thiazole rings is 1. The maximum Gasteiger partial charge on any atom is 0.357 e. The molecule has 0 atom stereocenters. The number of ether oxygens (including phenoxy) is 1. The summed E-state index contributed by atoms with van der Waals surface area (Å²) in [6.07, 6.45) is 0. The molecule has 1 aromatic heterocycles. The highest BCUT2D eigenvalue weighted by atomic mass is 127. The lowest BCUT2D eigenvalue weighted by atomic mass is 10.3. The van der Waals surface area contributed by atoms with Gasteiger partial charge in [-0.25, -0.2) is 9.78 Å². The molecule has 0 amide bonds. The second kappa shape index (κ2) is 6.19. The fourth-order valence-electron chi connectivity index (χ4n) is 1.44. The Morgan fingerprint density at radius 1 is 1.53 bits per heavy atom. The molecule has 1 heterocycles. The number of benzene rings is 1. The molecule has 19 heavy (non-hydrogen) atoms. The largest absolute Gasteiger partial charge is 0.464 e. The number of aryl methyl sites for hydroxylation is 1. The van der Waals surface area contributed by atoms with Crippen molar-refractivity contribution in [2.24, 2.45) is 0 Å². The third-order valence-electron chi connectivity index (χ3n) is 2.35. The van der Waals surface area contributed by atoms with E-state index in [1.54, 1.807) is 0 Å². The van der Waals surface area contributed by atoms with Crippen LogP contribution in [0.5, 0.6) is 0 Å². The van der Waals surface area contributed by atoms with Gasteiger partial charge in [0.15, 0.2) is 10.8 Å². The molecule has 100 valence electrons. The molecular formula is C12H10BrIN2O2S. The minimum absolute atomic E-state index is 0.361. The van der Waals surface area contributed by atoms with Gasteiger partial charge in [0.1, 0.15) is 0 Å². The first kappa shape index (κ1) is 14.7. The zero-order chi connectivity index (χ0) is 14.0. The van der Waals surface area contributed by atoms with Crippen LogP contribution in [-0.2, 0) is 4.74 Å². The highest BCUT2D eigenvalue weighted by Crippen LogP contribution is 2.29. The Morgan fingerprint density at radius 3 is 2.95 bits per heavy atom. The number of nitrogens with one attached hydrogen (secondary N) is 1. The normalized spacial score (nSPS) is 10.3. The molecule has 2 rings (SSSR count). The molecule has 0 unspecified atom stereocenters. The van der Waals surface area contributed by atoms with Crippen LogP contribution < -0.4 is 5.32 Å². The molecule has 0 aliphatic carbocycles. The molecule has 0 fully saturated rings. The van der Waals surface area contributed by atoms with Gasteiger partial charge in [0.05, 0.1) is 12.8 Å². The third kappa shape index (κ3) is 3.46. The number of rotatable bonds is 3. The Bertz CT molecular complexity index is 630. The van der Waals surface area contributed by atoms with Gasteiger partial charge < -0.3 is 10.1 Å². The van der Waals surface area contributed by atoms with Crippen molar-refractivity contribution in [1.29, 1.82) is 0 Å². The smallest absolute Gasteiger partial charge is 0.357 e. The van der Waals surface area contributed by atoms with Gasteiger partial charge in [-0.15, -0.1) is 11.3 Å². The van der Waals surface area contributed by atoms with Crippen LogP contribution in [-0.4, -0.2) is 18.1 Å². The summed E-state index contributed by atoms with van der Waals surface area (Å²) in [6, 6.07) is 5.94. The van der Waals surface area contributed by atoms with Gasteiger partial charge in [0, 0.05) is 12.9 Å². The van der Waals surface area contributed by atoms with Crippen molar-refractivity contribution in [2.45, 2.75) is 6.92 Å². The summed E-state index contributed by atoms with van der Waals surface area (Å²) in [5.41, 5.74) is 1.31. The van der Waals surface area contributed by atoms with E-state index in [1.807, 2.05) is 25.1 Å². The lowest BCUT2D eigenvalue weighted by Gasteiger charge is -2.05. The number of hydrogen-bond donors (Lipinski definition) is 1. The number of halogens is 2. The van der Waals surface area contributed by atoms with Gasteiger partial charge in [-0.1, -0.05) is 15.9 Å². The average molecular weight is 453 g/mol. The van der Waals surface area contributed by atoms with Crippen LogP contribution in [0.2, 0.25) is 0 Å². The number of anilines is 2. The van der Waals surface area contributed by atoms with Crippen molar-refractivity contribution in [3.8, 4) is 0 Å². The Kier molecular flexibility index (Phi) is 4.80. The van der Waals surface area contributed by atoms with E-state index in [-0.39, 0.29) is 0 Å². The molecule has 4 nitrogen and oxygen atoms in total. The summed E-state index contributed by atoms with van der Waals surface area (Å²) in [4.78, 5) is 16.6. The van der Waals surface area contributed by atoms with Crippen LogP contribution in [0.3, 0.4) is 0 Å². The third-order valence-corrected chi connectivity index (χ3v) is 4.67. The highest BCUT2D eigenvalue weighted by molar-refractivity contribution is 14.1. The fraction of sp³-hybridized carbons (Fsp3) is 0.167. The first-order chi connectivity index (χ1) is 9.01. The quantitative estimate of drug-likeness (QED) is 0.555. The van der Waals surface area contributed by atoms with Crippen molar-refractivity contribution in [3.63, 3.8) is 0 Å². The van der Waals surface area contributed by atoms with Crippen molar-refractivity contribution >= 4 is 66.6 Å². The molecule has 0 bridgehead atoms. The van der Waals surface area contributed by atoms with Crippen LogP contribution >= 0.6 is 49.9 Å². The fourth-order valence-corrected chi connectivity index (χ4v) is 3.09. The van der Waals surface area contributed by atoms with Crippen LogP contribution in [0.25, 0.3) is 0 Å². The standard InChI is InChI=1S/C12H10BrIN2O2S/c1-6-10(11(17)18-2)16-12(19-6)15-9-5-7(13)3-4-8(9)14/h3-5H,1-2H3,(H,15,16). The first-order valence-corrected chi connectivity index (χ1v) is 7.98. The second-order valence-electron chi connectivity index (χ2n) is 3.66. The van der Waals surface area contributed by atoms with E-state index >= 15 is 0 Å². The van der Waals surface area contributed by atoms with E-state index in [0.29, 0.717) is 10.8 Å². The number of nitrogens with zero attached hydrogens (tertiary/aromatic N) is 1. The predicted molar refractivity (Wildman–Crippen MR) is 88.3 cm³/mol. The van der Waals surface area contributed by atoms with Crippen molar-refractivity contribution in [3.05, 3.63) is 36.8 Å². The zero-order valence-corrected chi connectivity index (χ0v) is 14.7. The molecule has 2 aromatic rings. The number of esters is 1. The van der Waals surface area contributed by atoms with E-state index < -0.39 is 5.97 Å². The summed E-state index contributed by atoms with van der Waals surface area (Å²) in [7, 11) is 1.35. The summed E-state index contributed by atoms with van der Waals surface area (Å²) in [5, 5.41) is 3.89. The average Bonchev–Trinajstić information content (AvgIpc) is 2.74. The van der Waals surface area contributed by atoms with Crippen molar-refractivity contribution < 1.29 is 9.53 Å². The van der Waals surface area contributed by atoms with Gasteiger partial charge in [0.2, 0.25) is 0 Å². The predicted octanol–water partition coefficient (Wildman–Crippen LogP) is 4.35. The maximum atomic E-state index is 11.5. The Hall–Kier alpha value is -0.670. The van der Waals surface area contributed by atoms with Crippen LogP contribution in [0, 0.1) is 10.5 Å². The molecule has 1 N–H and O–H groups in total. The van der Waals surface area contributed by atoms with E-state index in [4.69, 9.17) is 4.74 Å². The van der Waals surface area contributed by atoms with E-state index in [0.717, 1.165) is 18.6 Å². The Morgan fingerprint density at radius 2 is 2.26 bits per heavy atom. The molecule has 0 radical (unpaired) electrons. The number of methoxy groups -OCH3 is 1. The lowest BCUT2D eigenvalue weighted by molar-refractivity contribution is 0.0594. The van der Waals surface area contributed by atoms with E-state index in [1.165, 1.54) is 18.4 Å². The first-order valence-electron chi connectivity index (χ1n) is 5.29. The molecule has 0 saturated heterocycles. The van der Waals surface area contributed by atoms with Gasteiger partial charge in [-0.05, 0) is 47.7 Å². The van der Waals surface area contributed by atoms with Gasteiger partial charge >= 0.3 is 5.97 Å². The monoisotopic (exact) mass is 452 g/mol. The van der Waals surface area contributed by atoms with Crippen LogP contribution in [0.15, 0.2) is 22.7 Å². The lowest BCUT2D eigenvalue weighted by Crippen LogP contribution is -2.03. The topological polar surface area (TPSA) is 51.2 Å². The second-order valence-corrected chi connectivity index (χ2v) is 6.95. The number of hydrogen-bond acceptors (Lipinski definition) is 5. The molecular weight excluding hydrogens is 443 g/mol. The van der Waals surface area contributed by atoms with E-state index in [2.05, 4.69) is 48.8 Å². The summed E-state index contributed by atoms with van der Waals surface area (Å²) < 4.78 is 6.75. The number of carbonyl (C=O) groups is 1.